The Hall–Kier alpha value is -1.82. The number of carbonyl (C=O) groups excluding carboxylic acids is 1. The minimum Gasteiger partial charge on any atom is -0.466 e. The quantitative estimate of drug-likeness (QED) is 0.337. The molecule has 0 atom stereocenters. The highest BCUT2D eigenvalue weighted by molar-refractivity contribution is 7.99. The van der Waals surface area contributed by atoms with Crippen molar-refractivity contribution in [3.63, 3.8) is 0 Å². The molecule has 3 rings (SSSR count). The number of para-hydroxylation sites is 1. The number of aromatic nitrogens is 2. The molecule has 0 radical (unpaired) electrons. The maximum Gasteiger partial charge on any atom is 0.305 e. The summed E-state index contributed by atoms with van der Waals surface area (Å²) in [5.74, 6) is 0.579. The zero-order valence-electron chi connectivity index (χ0n) is 13.2. The minimum absolute atomic E-state index is 0.0472. The van der Waals surface area contributed by atoms with Gasteiger partial charge in [-0.15, -0.1) is 0 Å². The second-order valence-electron chi connectivity index (χ2n) is 5.57. The lowest BCUT2D eigenvalue weighted by Crippen LogP contribution is -2.22. The summed E-state index contributed by atoms with van der Waals surface area (Å²) in [5, 5.41) is 1.44. The average Bonchev–Trinajstić information content (AvgIpc) is 3.37. The average molecular weight is 332 g/mol. The van der Waals surface area contributed by atoms with Crippen molar-refractivity contribution in [3.05, 3.63) is 34.6 Å². The molecule has 1 aliphatic rings. The summed E-state index contributed by atoms with van der Waals surface area (Å²) in [7, 11) is 0. The number of thioether (sulfide) groups is 1. The number of esters is 1. The van der Waals surface area contributed by atoms with Crippen molar-refractivity contribution in [1.29, 1.82) is 0 Å². The van der Waals surface area contributed by atoms with E-state index in [2.05, 4.69) is 4.98 Å². The van der Waals surface area contributed by atoms with E-state index in [4.69, 9.17) is 4.74 Å². The number of hydrogen-bond donors (Lipinski definition) is 0. The van der Waals surface area contributed by atoms with Gasteiger partial charge in [0.2, 0.25) is 0 Å². The number of nitrogens with zero attached hydrogens (tertiary/aromatic N) is 2. The van der Waals surface area contributed by atoms with Crippen molar-refractivity contribution < 1.29 is 9.53 Å². The fourth-order valence-electron chi connectivity index (χ4n) is 2.50. The highest BCUT2D eigenvalue weighted by Crippen LogP contribution is 2.36. The standard InChI is InChI=1S/C17H20N2O3S/c1-2-22-15(20)8-5-11-23-17-18-14-7-4-3-6-13(14)16(21)19(17)12-9-10-12/h3-4,6-7,12H,2,5,8-11H2,1H3. The molecule has 1 aliphatic carbocycles. The van der Waals surface area contributed by atoms with Crippen molar-refractivity contribution in [2.24, 2.45) is 0 Å². The third kappa shape index (κ3) is 3.75. The second-order valence-corrected chi connectivity index (χ2v) is 6.64. The van der Waals surface area contributed by atoms with Crippen LogP contribution in [0.4, 0.5) is 0 Å². The molecule has 0 unspecified atom stereocenters. The second kappa shape index (κ2) is 7.17. The Bertz CT molecular complexity index is 768. The van der Waals surface area contributed by atoms with Gasteiger partial charge in [0.25, 0.3) is 5.56 Å². The monoisotopic (exact) mass is 332 g/mol. The molecule has 1 heterocycles. The van der Waals surface area contributed by atoms with Gasteiger partial charge >= 0.3 is 5.97 Å². The SMILES string of the molecule is CCOC(=O)CCCSc1nc2ccccc2c(=O)n1C1CC1. The van der Waals surface area contributed by atoms with Crippen molar-refractivity contribution in [2.75, 3.05) is 12.4 Å². The highest BCUT2D eigenvalue weighted by atomic mass is 32.2. The minimum atomic E-state index is -0.167. The zero-order valence-corrected chi connectivity index (χ0v) is 14.0. The van der Waals surface area contributed by atoms with Crippen molar-refractivity contribution in [2.45, 2.75) is 43.8 Å². The maximum atomic E-state index is 12.7. The van der Waals surface area contributed by atoms with Crippen LogP contribution in [0.15, 0.2) is 34.2 Å². The molecule has 6 heteroatoms. The van der Waals surface area contributed by atoms with E-state index in [1.54, 1.807) is 18.7 Å². The summed E-state index contributed by atoms with van der Waals surface area (Å²) >= 11 is 1.55. The van der Waals surface area contributed by atoms with Gasteiger partial charge in [0.1, 0.15) is 0 Å². The molecule has 0 saturated heterocycles. The molecule has 1 fully saturated rings. The van der Waals surface area contributed by atoms with E-state index >= 15 is 0 Å². The van der Waals surface area contributed by atoms with Crippen molar-refractivity contribution in [3.8, 4) is 0 Å². The first-order valence-corrected chi connectivity index (χ1v) is 8.99. The highest BCUT2D eigenvalue weighted by Gasteiger charge is 2.28. The van der Waals surface area contributed by atoms with E-state index in [-0.39, 0.29) is 17.6 Å². The number of fused-ring (bicyclic) bond motifs is 1. The Morgan fingerprint density at radius 1 is 1.39 bits per heavy atom. The van der Waals surface area contributed by atoms with Crippen LogP contribution >= 0.6 is 11.8 Å². The topological polar surface area (TPSA) is 61.2 Å². The lowest BCUT2D eigenvalue weighted by Gasteiger charge is -2.12. The first-order chi connectivity index (χ1) is 11.2. The number of ether oxygens (including phenoxy) is 1. The van der Waals surface area contributed by atoms with Gasteiger partial charge in [0, 0.05) is 18.2 Å². The number of rotatable bonds is 7. The molecule has 23 heavy (non-hydrogen) atoms. The predicted octanol–water partition coefficient (Wildman–Crippen LogP) is 3.17. The Labute approximate surface area is 139 Å². The van der Waals surface area contributed by atoms with Gasteiger partial charge in [0.05, 0.1) is 17.5 Å². The van der Waals surface area contributed by atoms with Crippen LogP contribution in [-0.2, 0) is 9.53 Å². The van der Waals surface area contributed by atoms with Crippen LogP contribution in [0.5, 0.6) is 0 Å². The van der Waals surface area contributed by atoms with Crippen molar-refractivity contribution >= 4 is 28.6 Å². The summed E-state index contributed by atoms with van der Waals surface area (Å²) in [6.07, 6.45) is 3.20. The van der Waals surface area contributed by atoms with Crippen LogP contribution in [0.1, 0.15) is 38.6 Å². The van der Waals surface area contributed by atoms with Gasteiger partial charge in [0.15, 0.2) is 5.16 Å². The van der Waals surface area contributed by atoms with Crippen LogP contribution in [0.25, 0.3) is 10.9 Å². The van der Waals surface area contributed by atoms with Crippen LogP contribution in [0, 0.1) is 0 Å². The van der Waals surface area contributed by atoms with Crippen LogP contribution in [0.3, 0.4) is 0 Å². The van der Waals surface area contributed by atoms with Crippen molar-refractivity contribution in [1.82, 2.24) is 9.55 Å². The van der Waals surface area contributed by atoms with E-state index in [0.29, 0.717) is 18.4 Å². The number of hydrogen-bond acceptors (Lipinski definition) is 5. The molecular formula is C17H20N2O3S. The molecule has 0 spiro atoms. The Morgan fingerprint density at radius 2 is 2.17 bits per heavy atom. The number of benzene rings is 1. The molecule has 1 aromatic heterocycles. The summed E-state index contributed by atoms with van der Waals surface area (Å²) in [5.41, 5.74) is 0.785. The third-order valence-electron chi connectivity index (χ3n) is 3.75. The van der Waals surface area contributed by atoms with E-state index in [0.717, 1.165) is 35.7 Å². The Balaban J connectivity index is 1.76. The summed E-state index contributed by atoms with van der Waals surface area (Å²) in [6, 6.07) is 7.75. The molecule has 1 aromatic carbocycles. The molecule has 0 amide bonds. The zero-order chi connectivity index (χ0) is 16.2. The molecule has 2 aromatic rings. The first kappa shape index (κ1) is 16.1. The summed E-state index contributed by atoms with van der Waals surface area (Å²) in [6.45, 7) is 2.22. The van der Waals surface area contributed by atoms with Gasteiger partial charge in [-0.1, -0.05) is 23.9 Å². The van der Waals surface area contributed by atoms with Crippen LogP contribution < -0.4 is 5.56 Å². The molecule has 0 aliphatic heterocycles. The summed E-state index contributed by atoms with van der Waals surface area (Å²) in [4.78, 5) is 28.7. The first-order valence-electron chi connectivity index (χ1n) is 8.00. The fourth-order valence-corrected chi connectivity index (χ4v) is 3.50. The van der Waals surface area contributed by atoms with E-state index in [1.165, 1.54) is 0 Å². The van der Waals surface area contributed by atoms with E-state index < -0.39 is 0 Å². The molecule has 1 saturated carbocycles. The van der Waals surface area contributed by atoms with Gasteiger partial charge in [-0.2, -0.15) is 0 Å². The van der Waals surface area contributed by atoms with E-state index in [9.17, 15) is 9.59 Å². The largest absolute Gasteiger partial charge is 0.466 e. The normalized spacial score (nSPS) is 14.1. The van der Waals surface area contributed by atoms with E-state index in [1.807, 2.05) is 28.8 Å². The Morgan fingerprint density at radius 3 is 2.91 bits per heavy atom. The molecular weight excluding hydrogens is 312 g/mol. The van der Waals surface area contributed by atoms with Gasteiger partial charge in [-0.3, -0.25) is 14.2 Å². The molecule has 122 valence electrons. The lowest BCUT2D eigenvalue weighted by atomic mass is 10.2. The Kier molecular flexibility index (Phi) is 5.00. The van der Waals surface area contributed by atoms with Gasteiger partial charge in [-0.25, -0.2) is 4.98 Å². The third-order valence-corrected chi connectivity index (χ3v) is 4.79. The molecule has 0 N–H and O–H groups in total. The predicted molar refractivity (Wildman–Crippen MR) is 90.9 cm³/mol. The van der Waals surface area contributed by atoms with Crippen LogP contribution in [-0.4, -0.2) is 27.9 Å². The van der Waals surface area contributed by atoms with Crippen LogP contribution in [0.2, 0.25) is 0 Å². The van der Waals surface area contributed by atoms with Gasteiger partial charge < -0.3 is 4.74 Å². The van der Waals surface area contributed by atoms with Gasteiger partial charge in [-0.05, 0) is 38.3 Å². The molecule has 5 nitrogen and oxygen atoms in total. The maximum absolute atomic E-state index is 12.7. The summed E-state index contributed by atoms with van der Waals surface area (Å²) < 4.78 is 6.75. The lowest BCUT2D eigenvalue weighted by molar-refractivity contribution is -0.143. The smallest absolute Gasteiger partial charge is 0.305 e. The fraction of sp³-hybridized carbons (Fsp3) is 0.471. The molecule has 0 bridgehead atoms. The number of carbonyl (C=O) groups is 1.